The fourth-order valence-corrected chi connectivity index (χ4v) is 2.67. The third-order valence-corrected chi connectivity index (χ3v) is 3.97. The molecule has 6 nitrogen and oxygen atoms in total. The molecule has 0 spiro atoms. The van der Waals surface area contributed by atoms with Gasteiger partial charge in [-0.1, -0.05) is 13.0 Å². The molecule has 1 aromatic carbocycles. The number of pyridine rings is 1. The van der Waals surface area contributed by atoms with Crippen LogP contribution in [-0.4, -0.2) is 31.4 Å². The summed E-state index contributed by atoms with van der Waals surface area (Å²) in [6.07, 6.45) is 3.07. The first-order chi connectivity index (χ1) is 11.3. The van der Waals surface area contributed by atoms with Gasteiger partial charge in [-0.2, -0.15) is 0 Å². The molecule has 0 radical (unpaired) electrons. The van der Waals surface area contributed by atoms with Crippen LogP contribution in [0, 0.1) is 0 Å². The number of carbonyl (C=O) groups excluding carboxylic acids is 1. The summed E-state index contributed by atoms with van der Waals surface area (Å²) in [5, 5.41) is 10.3. The minimum absolute atomic E-state index is 0.254. The second kappa shape index (κ2) is 7.06. The summed E-state index contributed by atoms with van der Waals surface area (Å²) < 4.78 is 1.65. The molecule has 0 aliphatic carbocycles. The van der Waals surface area contributed by atoms with E-state index in [0.717, 1.165) is 11.4 Å². The predicted octanol–water partition coefficient (Wildman–Crippen LogP) is 3.03. The molecule has 3 rings (SSSR count). The topological polar surface area (TPSA) is 72.7 Å². The van der Waals surface area contributed by atoms with Crippen LogP contribution in [0.5, 0.6) is 0 Å². The highest BCUT2D eigenvalue weighted by atomic mass is 32.2. The lowest BCUT2D eigenvalue weighted by atomic mass is 10.3. The number of nitrogens with zero attached hydrogens (tertiary/aromatic N) is 4. The minimum atomic E-state index is -0.254. The van der Waals surface area contributed by atoms with Crippen molar-refractivity contribution in [1.29, 1.82) is 0 Å². The molecule has 0 unspecified atom stereocenters. The van der Waals surface area contributed by atoms with E-state index < -0.39 is 0 Å². The Bertz CT molecular complexity index is 786. The monoisotopic (exact) mass is 325 g/mol. The van der Waals surface area contributed by atoms with E-state index in [0.29, 0.717) is 11.5 Å². The average molecular weight is 325 g/mol. The molecule has 0 bridgehead atoms. The van der Waals surface area contributed by atoms with Crippen LogP contribution in [0.4, 0.5) is 5.69 Å². The van der Waals surface area contributed by atoms with Gasteiger partial charge in [0, 0.05) is 10.6 Å². The lowest BCUT2D eigenvalue weighted by Crippen LogP contribution is -2.14. The zero-order valence-corrected chi connectivity index (χ0v) is 13.3. The fraction of sp³-hybridized carbons (Fsp3) is 0.125. The predicted molar refractivity (Wildman–Crippen MR) is 89.9 cm³/mol. The second-order valence-corrected chi connectivity index (χ2v) is 6.00. The maximum atomic E-state index is 12.3. The number of rotatable bonds is 5. The maximum Gasteiger partial charge on any atom is 0.274 e. The first-order valence-electron chi connectivity index (χ1n) is 7.12. The highest BCUT2D eigenvalue weighted by Gasteiger charge is 2.09. The fourth-order valence-electron chi connectivity index (χ4n) is 2.01. The molecule has 3 aromatic rings. The zero-order valence-electron chi connectivity index (χ0n) is 12.5. The SMILES string of the molecule is CCSc1ccc(NC(=O)c2cccc(-n3cnnc3)n2)cc1. The van der Waals surface area contributed by atoms with Crippen LogP contribution in [-0.2, 0) is 0 Å². The van der Waals surface area contributed by atoms with E-state index in [4.69, 9.17) is 0 Å². The van der Waals surface area contributed by atoms with Crippen molar-refractivity contribution < 1.29 is 4.79 Å². The lowest BCUT2D eigenvalue weighted by Gasteiger charge is -2.07. The molecule has 23 heavy (non-hydrogen) atoms. The van der Waals surface area contributed by atoms with Gasteiger partial charge in [-0.25, -0.2) is 4.98 Å². The first-order valence-corrected chi connectivity index (χ1v) is 8.11. The number of anilines is 1. The van der Waals surface area contributed by atoms with Gasteiger partial charge in [-0.05, 0) is 42.2 Å². The second-order valence-electron chi connectivity index (χ2n) is 4.66. The number of hydrogen-bond acceptors (Lipinski definition) is 5. The van der Waals surface area contributed by atoms with Crippen LogP contribution in [0.2, 0.25) is 0 Å². The smallest absolute Gasteiger partial charge is 0.274 e. The molecular formula is C16H15N5OS. The molecule has 0 atom stereocenters. The molecule has 116 valence electrons. The number of nitrogens with one attached hydrogen (secondary N) is 1. The van der Waals surface area contributed by atoms with Crippen molar-refractivity contribution in [3.8, 4) is 5.82 Å². The van der Waals surface area contributed by atoms with Crippen LogP contribution in [0.25, 0.3) is 5.82 Å². The molecule has 1 N–H and O–H groups in total. The third-order valence-electron chi connectivity index (χ3n) is 3.07. The van der Waals surface area contributed by atoms with Crippen molar-refractivity contribution in [3.63, 3.8) is 0 Å². The van der Waals surface area contributed by atoms with Crippen LogP contribution in [0.15, 0.2) is 60.0 Å². The Labute approximate surface area is 138 Å². The molecular weight excluding hydrogens is 310 g/mol. The summed E-state index contributed by atoms with van der Waals surface area (Å²) in [7, 11) is 0. The summed E-state index contributed by atoms with van der Waals surface area (Å²) in [6, 6.07) is 13.0. The molecule has 0 saturated heterocycles. The average Bonchev–Trinajstić information content (AvgIpc) is 3.12. The van der Waals surface area contributed by atoms with E-state index in [1.165, 1.54) is 17.6 Å². The van der Waals surface area contributed by atoms with Gasteiger partial charge in [0.25, 0.3) is 5.91 Å². The van der Waals surface area contributed by atoms with Crippen molar-refractivity contribution in [2.45, 2.75) is 11.8 Å². The van der Waals surface area contributed by atoms with E-state index in [1.807, 2.05) is 24.3 Å². The number of thioether (sulfide) groups is 1. The highest BCUT2D eigenvalue weighted by Crippen LogP contribution is 2.20. The first kappa shape index (κ1) is 15.2. The molecule has 0 saturated carbocycles. The number of amides is 1. The van der Waals surface area contributed by atoms with Gasteiger partial charge in [-0.15, -0.1) is 22.0 Å². The van der Waals surface area contributed by atoms with E-state index in [9.17, 15) is 4.79 Å². The van der Waals surface area contributed by atoms with Gasteiger partial charge in [0.1, 0.15) is 24.2 Å². The Morgan fingerprint density at radius 2 is 1.87 bits per heavy atom. The largest absolute Gasteiger partial charge is 0.321 e. The summed E-state index contributed by atoms with van der Waals surface area (Å²) in [5.41, 5.74) is 1.08. The van der Waals surface area contributed by atoms with Crippen LogP contribution in [0.1, 0.15) is 17.4 Å². The molecule has 2 heterocycles. The molecule has 0 aliphatic heterocycles. The number of hydrogen-bond donors (Lipinski definition) is 1. The van der Waals surface area contributed by atoms with Crippen LogP contribution >= 0.6 is 11.8 Å². The molecule has 7 heteroatoms. The van der Waals surface area contributed by atoms with Gasteiger partial charge in [0.15, 0.2) is 0 Å². The Kier molecular flexibility index (Phi) is 4.68. The molecule has 0 fully saturated rings. The number of carbonyl (C=O) groups is 1. The van der Waals surface area contributed by atoms with Crippen molar-refractivity contribution in [2.24, 2.45) is 0 Å². The summed E-state index contributed by atoms with van der Waals surface area (Å²) in [5.74, 6) is 1.36. The number of benzene rings is 1. The summed E-state index contributed by atoms with van der Waals surface area (Å²) >= 11 is 1.76. The Morgan fingerprint density at radius 1 is 1.13 bits per heavy atom. The molecule has 1 amide bonds. The molecule has 0 aliphatic rings. The van der Waals surface area contributed by atoms with Crippen molar-refractivity contribution in [3.05, 3.63) is 60.8 Å². The third kappa shape index (κ3) is 3.75. The zero-order chi connectivity index (χ0) is 16.1. The Hall–Kier alpha value is -2.67. The minimum Gasteiger partial charge on any atom is -0.321 e. The quantitative estimate of drug-likeness (QED) is 0.730. The van der Waals surface area contributed by atoms with Crippen molar-refractivity contribution in [2.75, 3.05) is 11.1 Å². The van der Waals surface area contributed by atoms with E-state index >= 15 is 0 Å². The Balaban J connectivity index is 1.74. The number of aromatic nitrogens is 4. The van der Waals surface area contributed by atoms with Crippen molar-refractivity contribution in [1.82, 2.24) is 19.7 Å². The van der Waals surface area contributed by atoms with E-state index in [-0.39, 0.29) is 5.91 Å². The standard InChI is InChI=1S/C16H15N5OS/c1-2-23-13-8-6-12(7-9-13)19-16(22)14-4-3-5-15(20-14)21-10-17-18-11-21/h3-11H,2H2,1H3,(H,19,22). The van der Waals surface area contributed by atoms with Crippen molar-refractivity contribution >= 4 is 23.4 Å². The lowest BCUT2D eigenvalue weighted by molar-refractivity contribution is 0.102. The summed E-state index contributed by atoms with van der Waals surface area (Å²) in [6.45, 7) is 2.11. The van der Waals surface area contributed by atoms with Gasteiger partial charge < -0.3 is 5.32 Å². The van der Waals surface area contributed by atoms with Gasteiger partial charge in [0.05, 0.1) is 0 Å². The van der Waals surface area contributed by atoms with Gasteiger partial charge >= 0.3 is 0 Å². The maximum absolute atomic E-state index is 12.3. The Morgan fingerprint density at radius 3 is 2.57 bits per heavy atom. The highest BCUT2D eigenvalue weighted by molar-refractivity contribution is 7.99. The van der Waals surface area contributed by atoms with Crippen LogP contribution < -0.4 is 5.32 Å². The van der Waals surface area contributed by atoms with Gasteiger partial charge in [0.2, 0.25) is 0 Å². The van der Waals surface area contributed by atoms with E-state index in [2.05, 4.69) is 27.4 Å². The van der Waals surface area contributed by atoms with E-state index in [1.54, 1.807) is 34.5 Å². The summed E-state index contributed by atoms with van der Waals surface area (Å²) in [4.78, 5) is 17.8. The van der Waals surface area contributed by atoms with Gasteiger partial charge in [-0.3, -0.25) is 9.36 Å². The van der Waals surface area contributed by atoms with Crippen LogP contribution in [0.3, 0.4) is 0 Å². The normalized spacial score (nSPS) is 10.5. The molecule has 2 aromatic heterocycles.